The maximum atomic E-state index is 6.06. The molecule has 0 radical (unpaired) electrons. The van der Waals surface area contributed by atoms with Crippen molar-refractivity contribution in [2.24, 2.45) is 0 Å². The van der Waals surface area contributed by atoms with Gasteiger partial charge >= 0.3 is 0 Å². The normalized spacial score (nSPS) is 10.8. The van der Waals surface area contributed by atoms with Crippen LogP contribution >= 0.6 is 0 Å². The third kappa shape index (κ3) is 1.40. The van der Waals surface area contributed by atoms with Gasteiger partial charge < -0.3 is 11.5 Å². The molecule has 5 heteroatoms. The minimum atomic E-state index is 0.376. The summed E-state index contributed by atoms with van der Waals surface area (Å²) in [7, 11) is 0. The molecule has 0 saturated carbocycles. The highest BCUT2D eigenvalue weighted by atomic mass is 15.1. The Morgan fingerprint density at radius 1 is 1.06 bits per heavy atom. The van der Waals surface area contributed by atoms with Crippen LogP contribution in [0.4, 0.5) is 11.6 Å². The maximum absolute atomic E-state index is 6.06. The molecule has 2 aromatic heterocycles. The largest absolute Gasteiger partial charge is 0.383 e. The van der Waals surface area contributed by atoms with Gasteiger partial charge in [0.25, 0.3) is 0 Å². The monoisotopic (exact) mass is 225 g/mol. The molecule has 17 heavy (non-hydrogen) atoms. The van der Waals surface area contributed by atoms with Crippen LogP contribution in [0.15, 0.2) is 42.7 Å². The molecule has 0 amide bonds. The molecule has 1 aromatic carbocycles. The van der Waals surface area contributed by atoms with Crippen LogP contribution in [0.25, 0.3) is 16.9 Å². The number of rotatable bonds is 1. The lowest BCUT2D eigenvalue weighted by atomic mass is 10.1. The summed E-state index contributed by atoms with van der Waals surface area (Å²) < 4.78 is 1.74. The van der Waals surface area contributed by atoms with E-state index >= 15 is 0 Å². The fourth-order valence-electron chi connectivity index (χ4n) is 1.82. The number of hydrogen-bond donors (Lipinski definition) is 2. The molecule has 0 bridgehead atoms. The number of fused-ring (bicyclic) bond motifs is 1. The Balaban J connectivity index is 2.32. The van der Waals surface area contributed by atoms with Gasteiger partial charge in [0.1, 0.15) is 11.5 Å². The molecule has 0 aliphatic carbocycles. The first-order valence-electron chi connectivity index (χ1n) is 5.21. The molecule has 4 N–H and O–H groups in total. The zero-order chi connectivity index (χ0) is 11.8. The minimum absolute atomic E-state index is 0.376. The highest BCUT2D eigenvalue weighted by Crippen LogP contribution is 2.27. The van der Waals surface area contributed by atoms with Gasteiger partial charge in [-0.1, -0.05) is 30.3 Å². The second-order valence-corrected chi connectivity index (χ2v) is 3.72. The lowest BCUT2D eigenvalue weighted by Crippen LogP contribution is -1.98. The van der Waals surface area contributed by atoms with Crippen molar-refractivity contribution in [3.63, 3.8) is 0 Å². The summed E-state index contributed by atoms with van der Waals surface area (Å²) in [5, 5.41) is 0. The fourth-order valence-corrected chi connectivity index (χ4v) is 1.82. The van der Waals surface area contributed by atoms with Gasteiger partial charge in [-0.25, -0.2) is 9.97 Å². The third-order valence-corrected chi connectivity index (χ3v) is 2.65. The molecule has 84 valence electrons. The van der Waals surface area contributed by atoms with Crippen LogP contribution in [0.1, 0.15) is 0 Å². The Bertz CT molecular complexity index is 672. The molecule has 3 rings (SSSR count). The van der Waals surface area contributed by atoms with Gasteiger partial charge in [-0.15, -0.1) is 0 Å². The molecule has 0 aliphatic heterocycles. The van der Waals surface area contributed by atoms with Gasteiger partial charge in [-0.3, -0.25) is 4.40 Å². The smallest absolute Gasteiger partial charge is 0.182 e. The number of hydrogen-bond acceptors (Lipinski definition) is 4. The Kier molecular flexibility index (Phi) is 1.98. The van der Waals surface area contributed by atoms with Crippen molar-refractivity contribution < 1.29 is 0 Å². The van der Waals surface area contributed by atoms with E-state index in [2.05, 4.69) is 9.97 Å². The van der Waals surface area contributed by atoms with Crippen LogP contribution in [-0.2, 0) is 0 Å². The van der Waals surface area contributed by atoms with Gasteiger partial charge in [-0.05, 0) is 0 Å². The van der Waals surface area contributed by atoms with Crippen LogP contribution in [0, 0.1) is 0 Å². The molecule has 0 aliphatic rings. The highest BCUT2D eigenvalue weighted by Gasteiger charge is 2.12. The summed E-state index contributed by atoms with van der Waals surface area (Å²) in [4.78, 5) is 8.43. The zero-order valence-corrected chi connectivity index (χ0v) is 9.04. The molecule has 0 unspecified atom stereocenters. The van der Waals surface area contributed by atoms with Crippen LogP contribution in [0.3, 0.4) is 0 Å². The molecule has 0 fully saturated rings. The van der Waals surface area contributed by atoms with Gasteiger partial charge in [0.2, 0.25) is 0 Å². The van der Waals surface area contributed by atoms with Crippen LogP contribution < -0.4 is 11.5 Å². The summed E-state index contributed by atoms with van der Waals surface area (Å²) in [6.45, 7) is 0. The molecule has 3 aromatic rings. The Labute approximate surface area is 97.7 Å². The maximum Gasteiger partial charge on any atom is 0.182 e. The fraction of sp³-hybridized carbons (Fsp3) is 0. The van der Waals surface area contributed by atoms with Gasteiger partial charge in [-0.2, -0.15) is 0 Å². The first-order chi connectivity index (χ1) is 8.27. The van der Waals surface area contributed by atoms with E-state index < -0.39 is 0 Å². The van der Waals surface area contributed by atoms with E-state index in [0.717, 1.165) is 11.3 Å². The van der Waals surface area contributed by atoms with Crippen LogP contribution in [0.2, 0.25) is 0 Å². The number of imidazole rings is 1. The molecular formula is C12H11N5. The van der Waals surface area contributed by atoms with Gasteiger partial charge in [0, 0.05) is 18.0 Å². The van der Waals surface area contributed by atoms with Crippen molar-refractivity contribution >= 4 is 17.3 Å². The van der Waals surface area contributed by atoms with E-state index in [4.69, 9.17) is 11.5 Å². The first-order valence-corrected chi connectivity index (χ1v) is 5.21. The van der Waals surface area contributed by atoms with Crippen LogP contribution in [-0.4, -0.2) is 14.4 Å². The van der Waals surface area contributed by atoms with Crippen LogP contribution in [0.5, 0.6) is 0 Å². The molecule has 0 atom stereocenters. The lowest BCUT2D eigenvalue weighted by Gasteiger charge is -1.98. The Morgan fingerprint density at radius 3 is 2.53 bits per heavy atom. The minimum Gasteiger partial charge on any atom is -0.383 e. The van der Waals surface area contributed by atoms with Gasteiger partial charge in [0.15, 0.2) is 11.5 Å². The van der Waals surface area contributed by atoms with Crippen molar-refractivity contribution in [1.82, 2.24) is 14.4 Å². The quantitative estimate of drug-likeness (QED) is 0.658. The van der Waals surface area contributed by atoms with E-state index in [-0.39, 0.29) is 0 Å². The number of anilines is 2. The van der Waals surface area contributed by atoms with E-state index in [9.17, 15) is 0 Å². The lowest BCUT2D eigenvalue weighted by molar-refractivity contribution is 1.14. The highest BCUT2D eigenvalue weighted by molar-refractivity contribution is 5.78. The SMILES string of the molecule is Nc1nccn2c(N)c(-c3ccccc3)nc12. The number of nitrogen functional groups attached to an aromatic ring is 2. The number of nitrogens with zero attached hydrogens (tertiary/aromatic N) is 3. The summed E-state index contributed by atoms with van der Waals surface area (Å²) in [6, 6.07) is 9.76. The van der Waals surface area contributed by atoms with E-state index in [1.807, 2.05) is 30.3 Å². The average Bonchev–Trinajstić information content (AvgIpc) is 2.70. The predicted octanol–water partition coefficient (Wildman–Crippen LogP) is 1.56. The second-order valence-electron chi connectivity index (χ2n) is 3.72. The molecule has 5 nitrogen and oxygen atoms in total. The van der Waals surface area contributed by atoms with E-state index in [1.54, 1.807) is 16.8 Å². The molecule has 2 heterocycles. The first kappa shape index (κ1) is 9.65. The predicted molar refractivity (Wildman–Crippen MR) is 67.2 cm³/mol. The van der Waals surface area contributed by atoms with Crippen molar-refractivity contribution in [3.05, 3.63) is 42.7 Å². The average molecular weight is 225 g/mol. The van der Waals surface area contributed by atoms with Gasteiger partial charge in [0.05, 0.1) is 0 Å². The van der Waals surface area contributed by atoms with E-state index in [1.165, 1.54) is 0 Å². The Hall–Kier alpha value is -2.56. The standard InChI is InChI=1S/C12H11N5/c13-10-12-16-9(8-4-2-1-3-5-8)11(14)17(12)7-6-15-10/h1-7H,14H2,(H2,13,15). The number of benzene rings is 1. The van der Waals surface area contributed by atoms with Crippen molar-refractivity contribution in [3.8, 4) is 11.3 Å². The second kappa shape index (κ2) is 3.48. The zero-order valence-electron chi connectivity index (χ0n) is 9.04. The third-order valence-electron chi connectivity index (χ3n) is 2.65. The number of aromatic nitrogens is 3. The molecule has 0 saturated heterocycles. The summed E-state index contributed by atoms with van der Waals surface area (Å²) >= 11 is 0. The summed E-state index contributed by atoms with van der Waals surface area (Å²) in [5.74, 6) is 0.946. The topological polar surface area (TPSA) is 82.2 Å². The molecule has 0 spiro atoms. The molecular weight excluding hydrogens is 214 g/mol. The van der Waals surface area contributed by atoms with Crippen molar-refractivity contribution in [1.29, 1.82) is 0 Å². The van der Waals surface area contributed by atoms with E-state index in [0.29, 0.717) is 17.3 Å². The number of nitrogens with two attached hydrogens (primary N) is 2. The van der Waals surface area contributed by atoms with Crippen molar-refractivity contribution in [2.45, 2.75) is 0 Å². The van der Waals surface area contributed by atoms with Crippen molar-refractivity contribution in [2.75, 3.05) is 11.5 Å². The summed E-state index contributed by atoms with van der Waals surface area (Å²) in [5.41, 5.74) is 14.1. The Morgan fingerprint density at radius 2 is 1.82 bits per heavy atom. The summed E-state index contributed by atoms with van der Waals surface area (Å²) in [6.07, 6.45) is 3.36.